The molecule has 4 N–H and O–H groups in total. The van der Waals surface area contributed by atoms with Crippen molar-refractivity contribution in [3.05, 3.63) is 65.9 Å². The predicted molar refractivity (Wildman–Crippen MR) is 234 cm³/mol. The van der Waals surface area contributed by atoms with Crippen LogP contribution in [0, 0.1) is 11.8 Å². The number of amides is 4. The van der Waals surface area contributed by atoms with Crippen molar-refractivity contribution in [1.82, 2.24) is 40.4 Å². The monoisotopic (exact) mass is 864 g/mol. The number of hydrogen-bond acceptors (Lipinski definition) is 11. The molecule has 17 nitrogen and oxygen atoms in total. The summed E-state index contributed by atoms with van der Waals surface area (Å²) in [5, 5.41) is 7.33. The van der Waals surface area contributed by atoms with Gasteiger partial charge in [0.1, 0.15) is 36.1 Å². The maximum absolute atomic E-state index is 14.1. The molecule has 334 valence electrons. The van der Waals surface area contributed by atoms with E-state index >= 15 is 0 Å². The van der Waals surface area contributed by atoms with Crippen LogP contribution in [0.25, 0.3) is 44.2 Å². The summed E-state index contributed by atoms with van der Waals surface area (Å²) in [6.07, 6.45) is 1.99. The molecule has 3 aliphatic rings. The molecule has 4 amide bonds. The van der Waals surface area contributed by atoms with Crippen molar-refractivity contribution in [1.29, 1.82) is 0 Å². The topological polar surface area (TPSA) is 202 Å². The molecule has 63 heavy (non-hydrogen) atoms. The number of nitrogens with one attached hydrogen (secondary N) is 4. The van der Waals surface area contributed by atoms with Gasteiger partial charge in [-0.2, -0.15) is 0 Å². The minimum absolute atomic E-state index is 0.0854. The van der Waals surface area contributed by atoms with Gasteiger partial charge in [-0.15, -0.1) is 0 Å². The average Bonchev–Trinajstić information content (AvgIpc) is 4.11. The number of carbonyl (C=O) groups is 4. The number of methoxy groups -OCH3 is 4. The normalized spacial score (nSPS) is 20.8. The zero-order chi connectivity index (χ0) is 44.7. The number of alkyl carbamates (subject to hydrolysis) is 2. The Morgan fingerprint density at radius 1 is 0.873 bits per heavy atom. The third-order valence-corrected chi connectivity index (χ3v) is 12.9. The SMILES string of the molecule is COC[C@H]1C[C@@H](c2ncc(-c3ccc4c(c3)COc3cc5c(ccc6nc([C@@H]7CC[C@H](C)N7C(=O)[C@@H](NC(=O)OC)[C@@H](C)OC)[nH]c65)cc3-4)[nH]2)N(C(=O)C(NC(=O)OC)C(C)C)C1. The number of aromatic amines is 2. The number of rotatable bonds is 12. The Hall–Kier alpha value is -6.20. The molecule has 2 aromatic heterocycles. The van der Waals surface area contributed by atoms with E-state index in [1.165, 1.54) is 21.3 Å². The number of fused-ring (bicyclic) bond motifs is 6. The fourth-order valence-corrected chi connectivity index (χ4v) is 9.44. The fraction of sp³-hybridized carbons (Fsp3) is 0.478. The quantitative estimate of drug-likeness (QED) is 0.108. The number of nitrogens with zero attached hydrogens (tertiary/aromatic N) is 4. The van der Waals surface area contributed by atoms with Gasteiger partial charge < -0.3 is 54.1 Å². The van der Waals surface area contributed by atoms with Gasteiger partial charge in [-0.1, -0.05) is 32.0 Å². The molecular weight excluding hydrogens is 809 g/mol. The van der Waals surface area contributed by atoms with E-state index in [1.54, 1.807) is 30.0 Å². The van der Waals surface area contributed by atoms with Crippen LogP contribution >= 0.6 is 0 Å². The van der Waals surface area contributed by atoms with Crippen LogP contribution in [0.1, 0.15) is 76.3 Å². The lowest BCUT2D eigenvalue weighted by atomic mass is 9.92. The van der Waals surface area contributed by atoms with Crippen molar-refractivity contribution in [2.24, 2.45) is 11.8 Å². The van der Waals surface area contributed by atoms with Crippen LogP contribution in [0.4, 0.5) is 9.59 Å². The van der Waals surface area contributed by atoms with E-state index < -0.39 is 30.4 Å². The molecule has 5 aromatic rings. The molecule has 0 spiro atoms. The van der Waals surface area contributed by atoms with E-state index in [1.807, 2.05) is 26.8 Å². The highest BCUT2D eigenvalue weighted by Crippen LogP contribution is 2.44. The van der Waals surface area contributed by atoms with Crippen molar-refractivity contribution >= 4 is 45.8 Å². The Kier molecular flexibility index (Phi) is 12.3. The maximum atomic E-state index is 14.1. The van der Waals surface area contributed by atoms with E-state index in [4.69, 9.17) is 33.7 Å². The van der Waals surface area contributed by atoms with Crippen LogP contribution in [-0.2, 0) is 35.1 Å². The Labute approximate surface area is 365 Å². The van der Waals surface area contributed by atoms with Gasteiger partial charge in [-0.05, 0) is 85.4 Å². The molecule has 0 aliphatic carbocycles. The molecule has 0 bridgehead atoms. The summed E-state index contributed by atoms with van der Waals surface area (Å²) < 4.78 is 27.0. The number of hydrogen-bond donors (Lipinski definition) is 4. The summed E-state index contributed by atoms with van der Waals surface area (Å²) >= 11 is 0. The summed E-state index contributed by atoms with van der Waals surface area (Å²) in [6, 6.07) is 12.1. The summed E-state index contributed by atoms with van der Waals surface area (Å²) in [7, 11) is 5.70. The van der Waals surface area contributed by atoms with Crippen molar-refractivity contribution in [3.63, 3.8) is 0 Å². The number of likely N-dealkylation sites (tertiary alicyclic amines) is 2. The molecule has 3 aliphatic heterocycles. The third kappa shape index (κ3) is 8.26. The second-order valence-corrected chi connectivity index (χ2v) is 17.2. The van der Waals surface area contributed by atoms with E-state index in [0.29, 0.717) is 44.2 Å². The summed E-state index contributed by atoms with van der Waals surface area (Å²) in [5.41, 5.74) is 6.43. The van der Waals surface area contributed by atoms with Gasteiger partial charge in [0.05, 0.1) is 61.9 Å². The van der Waals surface area contributed by atoms with E-state index in [-0.39, 0.29) is 41.8 Å². The maximum Gasteiger partial charge on any atom is 0.407 e. The smallest absolute Gasteiger partial charge is 0.407 e. The first-order chi connectivity index (χ1) is 30.3. The number of ether oxygens (including phenoxy) is 5. The number of benzene rings is 3. The lowest BCUT2D eigenvalue weighted by molar-refractivity contribution is -0.139. The van der Waals surface area contributed by atoms with E-state index in [0.717, 1.165) is 61.9 Å². The number of aromatic nitrogens is 4. The first-order valence-corrected chi connectivity index (χ1v) is 21.4. The fourth-order valence-electron chi connectivity index (χ4n) is 9.44. The predicted octanol–water partition coefficient (Wildman–Crippen LogP) is 6.39. The Morgan fingerprint density at radius 2 is 1.63 bits per heavy atom. The number of H-pyrrole nitrogens is 2. The highest BCUT2D eigenvalue weighted by Gasteiger charge is 2.43. The average molecular weight is 865 g/mol. The van der Waals surface area contributed by atoms with Crippen LogP contribution in [0.3, 0.4) is 0 Å². The highest BCUT2D eigenvalue weighted by atomic mass is 16.5. The zero-order valence-corrected chi connectivity index (χ0v) is 36.9. The molecule has 8 rings (SSSR count). The minimum Gasteiger partial charge on any atom is -0.488 e. The number of imidazole rings is 2. The van der Waals surface area contributed by atoms with Crippen molar-refractivity contribution < 1.29 is 42.9 Å². The van der Waals surface area contributed by atoms with Gasteiger partial charge in [-0.3, -0.25) is 9.59 Å². The van der Waals surface area contributed by atoms with Gasteiger partial charge in [0.15, 0.2) is 0 Å². The molecule has 1 unspecified atom stereocenters. The van der Waals surface area contributed by atoms with Crippen LogP contribution in [0.2, 0.25) is 0 Å². The Bertz CT molecular complexity index is 2540. The van der Waals surface area contributed by atoms with Crippen molar-refractivity contribution in [2.45, 2.75) is 89.9 Å². The van der Waals surface area contributed by atoms with Crippen LogP contribution in [0.5, 0.6) is 5.75 Å². The molecule has 0 saturated carbocycles. The Balaban J connectivity index is 1.05. The van der Waals surface area contributed by atoms with Gasteiger partial charge in [0, 0.05) is 43.7 Å². The highest BCUT2D eigenvalue weighted by molar-refractivity contribution is 6.07. The lowest BCUT2D eigenvalue weighted by Crippen LogP contribution is -2.55. The molecule has 0 radical (unpaired) electrons. The standard InChI is InChI=1S/C46H56N8O9/c1-23(2)38(51-45(57)61-7)43(55)53-20-26(21-59-5)15-36(53)41-47-19-34(49-41)28-10-12-30-29(16-28)22-63-37-18-31-27(17-32(30)37)11-13-33-40(31)50-42(48-33)35-14-9-24(3)54(35)44(56)39(25(4)60-6)52-46(58)62-8/h10-13,16-19,23-26,35-36,38-39H,9,14-15,20-22H2,1-8H3,(H,47,49)(H,48,50)(H,51,57)(H,52,58)/t24-,25+,26-,35-,36-,38?,39-/m0/s1. The molecule has 2 fully saturated rings. The molecule has 17 heteroatoms. The summed E-state index contributed by atoms with van der Waals surface area (Å²) in [5.74, 6) is 1.58. The molecule has 2 saturated heterocycles. The zero-order valence-electron chi connectivity index (χ0n) is 36.9. The van der Waals surface area contributed by atoms with Gasteiger partial charge >= 0.3 is 12.2 Å². The van der Waals surface area contributed by atoms with Crippen molar-refractivity contribution in [2.75, 3.05) is 41.6 Å². The summed E-state index contributed by atoms with van der Waals surface area (Å²) in [4.78, 5) is 72.8. The van der Waals surface area contributed by atoms with Crippen LogP contribution in [-0.4, -0.2) is 120 Å². The van der Waals surface area contributed by atoms with Gasteiger partial charge in [0.2, 0.25) is 11.8 Å². The Morgan fingerprint density at radius 3 is 2.35 bits per heavy atom. The minimum atomic E-state index is -0.938. The van der Waals surface area contributed by atoms with Gasteiger partial charge in [-0.25, -0.2) is 19.6 Å². The first-order valence-electron chi connectivity index (χ1n) is 21.4. The number of carbonyl (C=O) groups excluding carboxylic acids is 4. The third-order valence-electron chi connectivity index (χ3n) is 12.9. The molecule has 5 heterocycles. The second kappa shape index (κ2) is 17.9. The van der Waals surface area contributed by atoms with E-state index in [2.05, 4.69) is 57.0 Å². The second-order valence-electron chi connectivity index (χ2n) is 17.2. The molecular formula is C46H56N8O9. The largest absolute Gasteiger partial charge is 0.488 e. The van der Waals surface area contributed by atoms with Crippen LogP contribution in [0.15, 0.2) is 48.7 Å². The van der Waals surface area contributed by atoms with Gasteiger partial charge in [0.25, 0.3) is 0 Å². The van der Waals surface area contributed by atoms with Crippen molar-refractivity contribution in [3.8, 4) is 28.1 Å². The summed E-state index contributed by atoms with van der Waals surface area (Å²) in [6.45, 7) is 8.85. The molecule has 7 atom stereocenters. The first kappa shape index (κ1) is 43.4. The molecule has 3 aromatic carbocycles. The lowest BCUT2D eigenvalue weighted by Gasteiger charge is -2.33. The van der Waals surface area contributed by atoms with E-state index in [9.17, 15) is 19.2 Å². The van der Waals surface area contributed by atoms with Crippen LogP contribution < -0.4 is 15.4 Å².